The van der Waals surface area contributed by atoms with E-state index in [1.54, 1.807) is 18.2 Å². The van der Waals surface area contributed by atoms with Crippen LogP contribution >= 0.6 is 0 Å². The maximum atomic E-state index is 12.7. The number of nitrogens with zero attached hydrogens (tertiary/aromatic N) is 3. The van der Waals surface area contributed by atoms with Gasteiger partial charge in [-0.05, 0) is 68.7 Å². The van der Waals surface area contributed by atoms with Crippen LogP contribution in [0.4, 0.5) is 5.69 Å². The first-order valence-corrected chi connectivity index (χ1v) is 11.2. The Hall–Kier alpha value is -2.69. The third-order valence-electron chi connectivity index (χ3n) is 6.68. The van der Waals surface area contributed by atoms with E-state index in [2.05, 4.69) is 29.4 Å². The molecule has 0 radical (unpaired) electrons. The van der Waals surface area contributed by atoms with E-state index >= 15 is 0 Å². The minimum Gasteiger partial charge on any atom is -0.508 e. The summed E-state index contributed by atoms with van der Waals surface area (Å²) in [5.74, 6) is 0.364. The minimum atomic E-state index is 0.0859. The number of aryl methyl sites for hydroxylation is 1. The molecule has 1 amide bonds. The molecule has 1 aliphatic carbocycles. The normalized spacial score (nSPS) is 18.3. The number of hydrogen-bond donors (Lipinski definition) is 1. The van der Waals surface area contributed by atoms with Crippen molar-refractivity contribution in [1.82, 2.24) is 9.47 Å². The largest absolute Gasteiger partial charge is 0.508 e. The van der Waals surface area contributed by atoms with E-state index in [9.17, 15) is 9.90 Å². The highest BCUT2D eigenvalue weighted by Crippen LogP contribution is 2.32. The summed E-state index contributed by atoms with van der Waals surface area (Å²) in [5, 5.41) is 9.45. The lowest BCUT2D eigenvalue weighted by atomic mass is 9.95. The molecule has 2 fully saturated rings. The summed E-state index contributed by atoms with van der Waals surface area (Å²) in [5.41, 5.74) is 4.83. The van der Waals surface area contributed by atoms with Crippen molar-refractivity contribution in [3.63, 3.8) is 0 Å². The molecule has 1 aromatic heterocycles. The molecule has 0 bridgehead atoms. The highest BCUT2D eigenvalue weighted by atomic mass is 16.3. The zero-order valence-electron chi connectivity index (χ0n) is 18.2. The zero-order chi connectivity index (χ0) is 21.1. The van der Waals surface area contributed by atoms with E-state index in [0.29, 0.717) is 19.1 Å². The number of aromatic nitrogens is 1. The first-order valence-electron chi connectivity index (χ1n) is 11.2. The lowest BCUT2D eigenvalue weighted by Crippen LogP contribution is -2.48. The summed E-state index contributed by atoms with van der Waals surface area (Å²) in [6.45, 7) is 7.41. The van der Waals surface area contributed by atoms with Crippen molar-refractivity contribution in [3.8, 4) is 5.75 Å². The number of benzene rings is 1. The Morgan fingerprint density at radius 3 is 2.33 bits per heavy atom. The van der Waals surface area contributed by atoms with Crippen molar-refractivity contribution >= 4 is 17.7 Å². The molecule has 160 valence electrons. The quantitative estimate of drug-likeness (QED) is 0.749. The van der Waals surface area contributed by atoms with Gasteiger partial charge in [0, 0.05) is 55.4 Å². The van der Waals surface area contributed by atoms with Crippen molar-refractivity contribution in [2.24, 2.45) is 0 Å². The number of carbonyl (C=O) groups is 1. The van der Waals surface area contributed by atoms with Gasteiger partial charge < -0.3 is 19.5 Å². The molecule has 0 atom stereocenters. The minimum absolute atomic E-state index is 0.0859. The van der Waals surface area contributed by atoms with Crippen molar-refractivity contribution in [2.75, 3.05) is 31.1 Å². The van der Waals surface area contributed by atoms with Crippen LogP contribution in [-0.2, 0) is 4.79 Å². The Labute approximate surface area is 179 Å². The SMILES string of the molecule is Cc1cc(/C=C/C(=O)N2CCN(c3ccc(O)cc3)CC2)c(C)n1C1CCCCC1. The van der Waals surface area contributed by atoms with Gasteiger partial charge >= 0.3 is 0 Å². The van der Waals surface area contributed by atoms with Crippen LogP contribution in [0.1, 0.15) is 55.1 Å². The third kappa shape index (κ3) is 4.40. The Balaban J connectivity index is 1.37. The Bertz CT molecular complexity index is 899. The summed E-state index contributed by atoms with van der Waals surface area (Å²) in [4.78, 5) is 16.9. The fourth-order valence-electron chi connectivity index (χ4n) is 4.99. The van der Waals surface area contributed by atoms with E-state index < -0.39 is 0 Å². The highest BCUT2D eigenvalue weighted by molar-refractivity contribution is 5.92. The van der Waals surface area contributed by atoms with E-state index in [4.69, 9.17) is 0 Å². The van der Waals surface area contributed by atoms with Crippen molar-refractivity contribution in [1.29, 1.82) is 0 Å². The Morgan fingerprint density at radius 1 is 1.00 bits per heavy atom. The van der Waals surface area contributed by atoms with Crippen molar-refractivity contribution < 1.29 is 9.90 Å². The first-order chi connectivity index (χ1) is 14.5. The smallest absolute Gasteiger partial charge is 0.246 e. The third-order valence-corrected chi connectivity index (χ3v) is 6.68. The van der Waals surface area contributed by atoms with Gasteiger partial charge in [-0.3, -0.25) is 4.79 Å². The topological polar surface area (TPSA) is 48.7 Å². The molecule has 0 spiro atoms. The summed E-state index contributed by atoms with van der Waals surface area (Å²) >= 11 is 0. The number of aromatic hydroxyl groups is 1. The molecule has 5 nitrogen and oxygen atoms in total. The molecule has 1 aliphatic heterocycles. The van der Waals surface area contributed by atoms with Crippen LogP contribution in [0.2, 0.25) is 0 Å². The lowest BCUT2D eigenvalue weighted by Gasteiger charge is -2.35. The number of hydrogen-bond acceptors (Lipinski definition) is 3. The number of phenols is 1. The van der Waals surface area contributed by atoms with E-state index in [-0.39, 0.29) is 11.7 Å². The van der Waals surface area contributed by atoms with Gasteiger partial charge in [0.2, 0.25) is 5.91 Å². The molecule has 1 saturated carbocycles. The fourth-order valence-corrected chi connectivity index (χ4v) is 4.99. The predicted octanol–water partition coefficient (Wildman–Crippen LogP) is 4.68. The summed E-state index contributed by atoms with van der Waals surface area (Å²) in [7, 11) is 0. The van der Waals surface area contributed by atoms with Gasteiger partial charge in [-0.25, -0.2) is 0 Å². The van der Waals surface area contributed by atoms with Crippen molar-refractivity contribution in [2.45, 2.75) is 52.0 Å². The number of rotatable bonds is 4. The maximum absolute atomic E-state index is 12.7. The van der Waals surface area contributed by atoms with Gasteiger partial charge in [0.05, 0.1) is 0 Å². The van der Waals surface area contributed by atoms with Crippen LogP contribution < -0.4 is 4.90 Å². The Kier molecular flexibility index (Phi) is 6.16. The van der Waals surface area contributed by atoms with E-state index in [0.717, 1.165) is 24.3 Å². The summed E-state index contributed by atoms with van der Waals surface area (Å²) < 4.78 is 2.49. The Morgan fingerprint density at radius 2 is 1.67 bits per heavy atom. The van der Waals surface area contributed by atoms with E-state index in [1.165, 1.54) is 43.5 Å². The van der Waals surface area contributed by atoms with Gasteiger partial charge in [0.1, 0.15) is 5.75 Å². The van der Waals surface area contributed by atoms with Crippen LogP contribution in [0.3, 0.4) is 0 Å². The van der Waals surface area contributed by atoms with Gasteiger partial charge in [0.25, 0.3) is 0 Å². The predicted molar refractivity (Wildman–Crippen MR) is 122 cm³/mol. The van der Waals surface area contributed by atoms with Crippen molar-refractivity contribution in [3.05, 3.63) is 53.4 Å². The molecule has 2 aromatic rings. The fraction of sp³-hybridized carbons (Fsp3) is 0.480. The molecule has 4 rings (SSSR count). The van der Waals surface area contributed by atoms with Gasteiger partial charge in [-0.15, -0.1) is 0 Å². The standard InChI is InChI=1S/C25H33N3O2/c1-19-18-21(20(2)28(19)23-6-4-3-5-7-23)8-13-25(30)27-16-14-26(15-17-27)22-9-11-24(29)12-10-22/h8-13,18,23,29H,3-7,14-17H2,1-2H3/b13-8+. The van der Waals surface area contributed by atoms with Gasteiger partial charge in [-0.2, -0.15) is 0 Å². The lowest BCUT2D eigenvalue weighted by molar-refractivity contribution is -0.126. The monoisotopic (exact) mass is 407 g/mol. The number of phenolic OH excluding ortho intramolecular Hbond substituents is 1. The summed E-state index contributed by atoms with van der Waals surface area (Å²) in [6, 6.07) is 10.1. The van der Waals surface area contributed by atoms with Crippen LogP contribution in [0.15, 0.2) is 36.4 Å². The molecule has 2 heterocycles. The van der Waals surface area contributed by atoms with E-state index in [1.807, 2.05) is 23.1 Å². The number of piperazine rings is 1. The molecule has 0 unspecified atom stereocenters. The van der Waals surface area contributed by atoms with Crippen LogP contribution in [0.5, 0.6) is 5.75 Å². The second-order valence-corrected chi connectivity index (χ2v) is 8.65. The van der Waals surface area contributed by atoms with Crippen LogP contribution in [0, 0.1) is 13.8 Å². The highest BCUT2D eigenvalue weighted by Gasteiger charge is 2.21. The molecular formula is C25H33N3O2. The number of amides is 1. The average Bonchev–Trinajstić information content (AvgIpc) is 3.06. The summed E-state index contributed by atoms with van der Waals surface area (Å²) in [6.07, 6.45) is 10.3. The molecule has 1 saturated heterocycles. The van der Waals surface area contributed by atoms with Gasteiger partial charge in [-0.1, -0.05) is 19.3 Å². The van der Waals surface area contributed by atoms with Crippen LogP contribution in [-0.4, -0.2) is 46.7 Å². The molecule has 1 aromatic carbocycles. The molecular weight excluding hydrogens is 374 g/mol. The zero-order valence-corrected chi connectivity index (χ0v) is 18.2. The maximum Gasteiger partial charge on any atom is 0.246 e. The average molecular weight is 408 g/mol. The first kappa shape index (κ1) is 20.6. The molecule has 5 heteroatoms. The number of anilines is 1. The molecule has 30 heavy (non-hydrogen) atoms. The second kappa shape index (κ2) is 8.99. The second-order valence-electron chi connectivity index (χ2n) is 8.65. The number of carbonyl (C=O) groups excluding carboxylic acids is 1. The van der Waals surface area contributed by atoms with Gasteiger partial charge in [0.15, 0.2) is 0 Å². The van der Waals surface area contributed by atoms with Crippen LogP contribution in [0.25, 0.3) is 6.08 Å². The molecule has 2 aliphatic rings. The molecule has 1 N–H and O–H groups in total.